The zero-order chi connectivity index (χ0) is 13.5. The summed E-state index contributed by atoms with van der Waals surface area (Å²) in [5.41, 5.74) is 0. The molecule has 1 fully saturated rings. The van der Waals surface area contributed by atoms with Crippen LogP contribution in [0.1, 0.15) is 40.0 Å². The van der Waals surface area contributed by atoms with E-state index in [1.54, 1.807) is 0 Å². The molecule has 1 N–H and O–H groups in total. The smallest absolute Gasteiger partial charge is 0.309 e. The fourth-order valence-electron chi connectivity index (χ4n) is 2.79. The molecule has 0 saturated carbocycles. The number of rotatable bonds is 6. The van der Waals surface area contributed by atoms with Crippen LogP contribution in [0.3, 0.4) is 0 Å². The van der Waals surface area contributed by atoms with Gasteiger partial charge in [-0.1, -0.05) is 13.8 Å². The first-order chi connectivity index (χ1) is 8.61. The van der Waals surface area contributed by atoms with Crippen LogP contribution >= 0.6 is 0 Å². The summed E-state index contributed by atoms with van der Waals surface area (Å²) in [6, 6.07) is 0.855. The number of nitrogens with zero attached hydrogens (tertiary/aromatic N) is 1. The van der Waals surface area contributed by atoms with E-state index in [0.717, 1.165) is 26.1 Å². The summed E-state index contributed by atoms with van der Waals surface area (Å²) in [5.74, 6) is -0.158. The highest BCUT2D eigenvalue weighted by molar-refractivity contribution is 5.72. The molecule has 1 saturated heterocycles. The lowest BCUT2D eigenvalue weighted by atomic mass is 9.96. The molecule has 0 aromatic heterocycles. The molecule has 4 heteroatoms. The molecule has 0 spiro atoms. The normalized spacial score (nSPS) is 20.7. The van der Waals surface area contributed by atoms with Crippen molar-refractivity contribution in [3.05, 3.63) is 0 Å². The van der Waals surface area contributed by atoms with Crippen molar-refractivity contribution >= 4 is 5.97 Å². The molecule has 4 nitrogen and oxygen atoms in total. The summed E-state index contributed by atoms with van der Waals surface area (Å²) in [5, 5.41) is 3.40. The second-order valence-electron chi connectivity index (χ2n) is 5.27. The van der Waals surface area contributed by atoms with Crippen LogP contribution in [-0.4, -0.2) is 49.7 Å². The highest BCUT2D eigenvalue weighted by atomic mass is 16.5. The molecule has 1 aliphatic heterocycles. The Labute approximate surface area is 111 Å². The van der Waals surface area contributed by atoms with Gasteiger partial charge in [0, 0.05) is 12.1 Å². The molecule has 1 aliphatic rings. The van der Waals surface area contributed by atoms with Gasteiger partial charge in [-0.15, -0.1) is 0 Å². The second kappa shape index (κ2) is 7.74. The van der Waals surface area contributed by atoms with Gasteiger partial charge in [0.25, 0.3) is 0 Å². The Bertz CT molecular complexity index is 252. The molecule has 0 bridgehead atoms. The van der Waals surface area contributed by atoms with E-state index in [1.807, 2.05) is 6.92 Å². The fraction of sp³-hybridized carbons (Fsp3) is 0.929. The van der Waals surface area contributed by atoms with Gasteiger partial charge in [0.2, 0.25) is 0 Å². The van der Waals surface area contributed by atoms with Crippen LogP contribution in [0.25, 0.3) is 0 Å². The highest BCUT2D eigenvalue weighted by Crippen LogP contribution is 2.21. The van der Waals surface area contributed by atoms with Crippen molar-refractivity contribution in [2.24, 2.45) is 5.92 Å². The zero-order valence-electron chi connectivity index (χ0n) is 12.2. The van der Waals surface area contributed by atoms with Crippen molar-refractivity contribution in [1.82, 2.24) is 10.2 Å². The minimum absolute atomic E-state index is 0.0589. The van der Waals surface area contributed by atoms with E-state index in [9.17, 15) is 4.79 Å². The van der Waals surface area contributed by atoms with Gasteiger partial charge in [-0.3, -0.25) is 9.69 Å². The van der Waals surface area contributed by atoms with Crippen LogP contribution in [-0.2, 0) is 9.53 Å². The first kappa shape index (κ1) is 15.4. The number of methoxy groups -OCH3 is 1. The lowest BCUT2D eigenvalue weighted by Crippen LogP contribution is -2.50. The van der Waals surface area contributed by atoms with Crippen LogP contribution in [0.5, 0.6) is 0 Å². The lowest BCUT2D eigenvalue weighted by molar-refractivity contribution is -0.147. The van der Waals surface area contributed by atoms with Gasteiger partial charge in [-0.05, 0) is 45.8 Å². The average molecular weight is 256 g/mol. The predicted octanol–water partition coefficient (Wildman–Crippen LogP) is 1.65. The van der Waals surface area contributed by atoms with Crippen LogP contribution in [0, 0.1) is 5.92 Å². The van der Waals surface area contributed by atoms with Crippen LogP contribution in [0.15, 0.2) is 0 Å². The van der Waals surface area contributed by atoms with E-state index >= 15 is 0 Å². The SMILES string of the molecule is CCCN(C1CCNCC1)C(C)C(C)C(=O)OC. The maximum Gasteiger partial charge on any atom is 0.309 e. The summed E-state index contributed by atoms with van der Waals surface area (Å²) in [4.78, 5) is 14.2. The van der Waals surface area contributed by atoms with Gasteiger partial charge in [0.1, 0.15) is 0 Å². The third kappa shape index (κ3) is 3.95. The van der Waals surface area contributed by atoms with Crippen molar-refractivity contribution in [3.8, 4) is 0 Å². The van der Waals surface area contributed by atoms with E-state index < -0.39 is 0 Å². The maximum absolute atomic E-state index is 11.7. The van der Waals surface area contributed by atoms with Crippen molar-refractivity contribution in [2.45, 2.75) is 52.1 Å². The van der Waals surface area contributed by atoms with Gasteiger partial charge < -0.3 is 10.1 Å². The standard InChI is InChI=1S/C14H28N2O2/c1-5-10-16(13-6-8-15-9-7-13)12(3)11(2)14(17)18-4/h11-13,15H,5-10H2,1-4H3. The van der Waals surface area contributed by atoms with E-state index in [4.69, 9.17) is 4.74 Å². The number of hydrogen-bond acceptors (Lipinski definition) is 4. The molecule has 18 heavy (non-hydrogen) atoms. The van der Waals surface area contributed by atoms with Crippen molar-refractivity contribution in [3.63, 3.8) is 0 Å². The molecular weight excluding hydrogens is 228 g/mol. The minimum Gasteiger partial charge on any atom is -0.469 e. The van der Waals surface area contributed by atoms with Crippen LogP contribution < -0.4 is 5.32 Å². The second-order valence-corrected chi connectivity index (χ2v) is 5.27. The number of piperidine rings is 1. The third-order valence-electron chi connectivity index (χ3n) is 4.08. The summed E-state index contributed by atoms with van der Waals surface area (Å²) in [6.07, 6.45) is 3.48. The third-order valence-corrected chi connectivity index (χ3v) is 4.08. The Balaban J connectivity index is 2.66. The van der Waals surface area contributed by atoms with Gasteiger partial charge in [-0.2, -0.15) is 0 Å². The summed E-state index contributed by atoms with van der Waals surface area (Å²) in [7, 11) is 1.47. The van der Waals surface area contributed by atoms with Crippen LogP contribution in [0.2, 0.25) is 0 Å². The van der Waals surface area contributed by atoms with E-state index in [-0.39, 0.29) is 17.9 Å². The van der Waals surface area contributed by atoms with Gasteiger partial charge in [-0.25, -0.2) is 0 Å². The molecule has 0 aromatic rings. The minimum atomic E-state index is -0.0995. The van der Waals surface area contributed by atoms with Gasteiger partial charge >= 0.3 is 5.97 Å². The number of nitrogens with one attached hydrogen (secondary N) is 1. The van der Waals surface area contributed by atoms with Crippen molar-refractivity contribution in [2.75, 3.05) is 26.7 Å². The Kier molecular flexibility index (Phi) is 6.65. The number of carbonyl (C=O) groups excluding carboxylic acids is 1. The fourth-order valence-corrected chi connectivity index (χ4v) is 2.79. The topological polar surface area (TPSA) is 41.6 Å². The number of carbonyl (C=O) groups is 1. The number of hydrogen-bond donors (Lipinski definition) is 1. The van der Waals surface area contributed by atoms with Gasteiger partial charge in [0.05, 0.1) is 13.0 Å². The van der Waals surface area contributed by atoms with Crippen molar-refractivity contribution < 1.29 is 9.53 Å². The Hall–Kier alpha value is -0.610. The largest absolute Gasteiger partial charge is 0.469 e. The van der Waals surface area contributed by atoms with Crippen molar-refractivity contribution in [1.29, 1.82) is 0 Å². The molecule has 0 radical (unpaired) electrons. The first-order valence-electron chi connectivity index (χ1n) is 7.16. The van der Waals surface area contributed by atoms with E-state index in [2.05, 4.69) is 24.1 Å². The highest BCUT2D eigenvalue weighted by Gasteiger charge is 2.30. The predicted molar refractivity (Wildman–Crippen MR) is 73.5 cm³/mol. The quantitative estimate of drug-likeness (QED) is 0.734. The molecule has 0 aliphatic carbocycles. The average Bonchev–Trinajstić information content (AvgIpc) is 2.43. The molecule has 2 atom stereocenters. The first-order valence-corrected chi connectivity index (χ1v) is 7.16. The Morgan fingerprint density at radius 2 is 2.00 bits per heavy atom. The molecular formula is C14H28N2O2. The summed E-state index contributed by atoms with van der Waals surface area (Å²) >= 11 is 0. The number of ether oxygens (including phenoxy) is 1. The Morgan fingerprint density at radius 1 is 1.39 bits per heavy atom. The summed E-state index contributed by atoms with van der Waals surface area (Å²) < 4.78 is 4.87. The molecule has 0 aromatic carbocycles. The zero-order valence-corrected chi connectivity index (χ0v) is 12.2. The monoisotopic (exact) mass is 256 g/mol. The maximum atomic E-state index is 11.7. The van der Waals surface area contributed by atoms with E-state index in [1.165, 1.54) is 20.0 Å². The lowest BCUT2D eigenvalue weighted by Gasteiger charge is -2.40. The molecule has 106 valence electrons. The number of esters is 1. The van der Waals surface area contributed by atoms with Gasteiger partial charge in [0.15, 0.2) is 0 Å². The molecule has 0 amide bonds. The molecule has 1 heterocycles. The summed E-state index contributed by atoms with van der Waals surface area (Å²) in [6.45, 7) is 9.56. The van der Waals surface area contributed by atoms with E-state index in [0.29, 0.717) is 6.04 Å². The molecule has 1 rings (SSSR count). The van der Waals surface area contributed by atoms with Crippen LogP contribution in [0.4, 0.5) is 0 Å². The Morgan fingerprint density at radius 3 is 2.50 bits per heavy atom. The molecule has 2 unspecified atom stereocenters.